The lowest BCUT2D eigenvalue weighted by atomic mass is 10.0. The van der Waals surface area contributed by atoms with Crippen LogP contribution in [0.15, 0.2) is 18.2 Å². The van der Waals surface area contributed by atoms with Crippen molar-refractivity contribution in [2.24, 2.45) is 0 Å². The molecule has 0 heterocycles. The molecule has 3 heteroatoms. The second kappa shape index (κ2) is 6.77. The lowest BCUT2D eigenvalue weighted by Gasteiger charge is -2.09. The first-order chi connectivity index (χ1) is 7.81. The van der Waals surface area contributed by atoms with E-state index in [4.69, 9.17) is 4.74 Å². The Morgan fingerprint density at radius 1 is 1.12 bits per heavy atom. The van der Waals surface area contributed by atoms with E-state index in [9.17, 15) is 9.59 Å². The van der Waals surface area contributed by atoms with E-state index in [0.29, 0.717) is 19.3 Å². The zero-order chi connectivity index (χ0) is 11.8. The highest BCUT2D eigenvalue weighted by molar-refractivity contribution is 5.52. The number of ether oxygens (including phenoxy) is 1. The van der Waals surface area contributed by atoms with Gasteiger partial charge in [0.15, 0.2) is 0 Å². The molecule has 0 fully saturated rings. The van der Waals surface area contributed by atoms with Gasteiger partial charge in [0, 0.05) is 12.8 Å². The average Bonchev–Trinajstić information content (AvgIpc) is 2.34. The quantitative estimate of drug-likeness (QED) is 0.660. The number of hydrogen-bond donors (Lipinski definition) is 0. The van der Waals surface area contributed by atoms with Crippen molar-refractivity contribution in [3.8, 4) is 5.75 Å². The summed E-state index contributed by atoms with van der Waals surface area (Å²) in [6.07, 6.45) is 4.27. The summed E-state index contributed by atoms with van der Waals surface area (Å²) >= 11 is 0. The molecule has 0 aliphatic rings. The van der Waals surface area contributed by atoms with E-state index in [1.54, 1.807) is 7.11 Å². The molecule has 86 valence electrons. The zero-order valence-corrected chi connectivity index (χ0v) is 9.44. The van der Waals surface area contributed by atoms with E-state index < -0.39 is 0 Å². The average molecular weight is 220 g/mol. The molecular formula is C13H16O3. The molecule has 0 saturated carbocycles. The second-order valence-electron chi connectivity index (χ2n) is 3.56. The van der Waals surface area contributed by atoms with Gasteiger partial charge in [-0.2, -0.15) is 0 Å². The number of carbonyl (C=O) groups excluding carboxylic acids is 2. The summed E-state index contributed by atoms with van der Waals surface area (Å²) in [5.74, 6) is 0.797. The molecule has 16 heavy (non-hydrogen) atoms. The molecule has 1 aromatic rings. The van der Waals surface area contributed by atoms with Crippen molar-refractivity contribution in [2.45, 2.75) is 25.7 Å². The molecular weight excluding hydrogens is 204 g/mol. The highest BCUT2D eigenvalue weighted by Gasteiger charge is 2.04. The van der Waals surface area contributed by atoms with Gasteiger partial charge in [-0.1, -0.05) is 12.1 Å². The van der Waals surface area contributed by atoms with Crippen LogP contribution in [-0.2, 0) is 22.4 Å². The Kier molecular flexibility index (Phi) is 5.26. The van der Waals surface area contributed by atoms with E-state index >= 15 is 0 Å². The van der Waals surface area contributed by atoms with Gasteiger partial charge >= 0.3 is 0 Å². The summed E-state index contributed by atoms with van der Waals surface area (Å²) in [6, 6.07) is 5.87. The van der Waals surface area contributed by atoms with Crippen LogP contribution >= 0.6 is 0 Å². The van der Waals surface area contributed by atoms with Gasteiger partial charge in [-0.05, 0) is 30.0 Å². The first kappa shape index (κ1) is 12.4. The van der Waals surface area contributed by atoms with Crippen LogP contribution in [-0.4, -0.2) is 19.7 Å². The monoisotopic (exact) mass is 220 g/mol. The minimum atomic E-state index is 0.504. The van der Waals surface area contributed by atoms with E-state index in [1.165, 1.54) is 0 Å². The Bertz CT molecular complexity index is 358. The Hall–Kier alpha value is -1.64. The number of benzene rings is 1. The van der Waals surface area contributed by atoms with Crippen LogP contribution in [0.1, 0.15) is 24.0 Å². The first-order valence-electron chi connectivity index (χ1n) is 5.35. The third-order valence-electron chi connectivity index (χ3n) is 2.43. The number of rotatable bonds is 7. The standard InChI is InChI=1S/C13H16O3/c1-16-13-10-11(4-2-8-14)6-7-12(13)5-3-9-15/h6-10H,2-5H2,1H3. The number of aldehydes is 2. The van der Waals surface area contributed by atoms with Crippen LogP contribution in [0.4, 0.5) is 0 Å². The first-order valence-corrected chi connectivity index (χ1v) is 5.35. The number of hydrogen-bond acceptors (Lipinski definition) is 3. The third kappa shape index (κ3) is 3.50. The molecule has 0 aliphatic carbocycles. The van der Waals surface area contributed by atoms with Crippen LogP contribution in [0.3, 0.4) is 0 Å². The van der Waals surface area contributed by atoms with Gasteiger partial charge in [0.25, 0.3) is 0 Å². The molecule has 0 bridgehead atoms. The highest BCUT2D eigenvalue weighted by Crippen LogP contribution is 2.22. The molecule has 0 spiro atoms. The number of aryl methyl sites for hydroxylation is 2. The molecule has 0 aromatic heterocycles. The molecule has 0 saturated heterocycles. The minimum Gasteiger partial charge on any atom is -0.496 e. The van der Waals surface area contributed by atoms with Crippen LogP contribution < -0.4 is 4.74 Å². The van der Waals surface area contributed by atoms with Crippen molar-refractivity contribution in [3.63, 3.8) is 0 Å². The lowest BCUT2D eigenvalue weighted by molar-refractivity contribution is -0.108. The summed E-state index contributed by atoms with van der Waals surface area (Å²) in [5, 5.41) is 0. The predicted octanol–water partition coefficient (Wildman–Crippen LogP) is 1.96. The van der Waals surface area contributed by atoms with Gasteiger partial charge in [-0.3, -0.25) is 0 Å². The Balaban J connectivity index is 2.78. The second-order valence-corrected chi connectivity index (χ2v) is 3.56. The number of carbonyl (C=O) groups is 2. The summed E-state index contributed by atoms with van der Waals surface area (Å²) in [6.45, 7) is 0. The molecule has 0 unspecified atom stereocenters. The molecule has 0 N–H and O–H groups in total. The van der Waals surface area contributed by atoms with E-state index in [1.807, 2.05) is 18.2 Å². The van der Waals surface area contributed by atoms with Gasteiger partial charge in [-0.25, -0.2) is 0 Å². The molecule has 0 amide bonds. The highest BCUT2D eigenvalue weighted by atomic mass is 16.5. The van der Waals surface area contributed by atoms with Gasteiger partial charge in [0.1, 0.15) is 18.3 Å². The summed E-state index contributed by atoms with van der Waals surface area (Å²) in [5.41, 5.74) is 2.11. The van der Waals surface area contributed by atoms with Crippen LogP contribution in [0.2, 0.25) is 0 Å². The maximum Gasteiger partial charge on any atom is 0.122 e. The van der Waals surface area contributed by atoms with Crippen LogP contribution in [0.25, 0.3) is 0 Å². The number of methoxy groups -OCH3 is 1. The van der Waals surface area contributed by atoms with Crippen molar-refractivity contribution < 1.29 is 14.3 Å². The van der Waals surface area contributed by atoms with Crippen LogP contribution in [0.5, 0.6) is 5.75 Å². The lowest BCUT2D eigenvalue weighted by Crippen LogP contribution is -1.95. The molecule has 0 atom stereocenters. The van der Waals surface area contributed by atoms with E-state index in [-0.39, 0.29) is 0 Å². The zero-order valence-electron chi connectivity index (χ0n) is 9.44. The Morgan fingerprint density at radius 3 is 2.44 bits per heavy atom. The van der Waals surface area contributed by atoms with Crippen LogP contribution in [0, 0.1) is 0 Å². The SMILES string of the molecule is COc1cc(CCC=O)ccc1CCC=O. The van der Waals surface area contributed by atoms with Crippen molar-refractivity contribution in [1.82, 2.24) is 0 Å². The van der Waals surface area contributed by atoms with E-state index in [2.05, 4.69) is 0 Å². The summed E-state index contributed by atoms with van der Waals surface area (Å²) < 4.78 is 5.26. The summed E-state index contributed by atoms with van der Waals surface area (Å²) in [7, 11) is 1.61. The molecule has 0 radical (unpaired) electrons. The maximum absolute atomic E-state index is 10.3. The fourth-order valence-electron chi connectivity index (χ4n) is 1.59. The molecule has 0 aliphatic heterocycles. The largest absolute Gasteiger partial charge is 0.496 e. The Labute approximate surface area is 95.4 Å². The van der Waals surface area contributed by atoms with Gasteiger partial charge < -0.3 is 14.3 Å². The van der Waals surface area contributed by atoms with E-state index in [0.717, 1.165) is 35.9 Å². The van der Waals surface area contributed by atoms with Gasteiger partial charge in [0.05, 0.1) is 7.11 Å². The van der Waals surface area contributed by atoms with Crippen molar-refractivity contribution in [1.29, 1.82) is 0 Å². The third-order valence-corrected chi connectivity index (χ3v) is 2.43. The molecule has 1 rings (SSSR count). The van der Waals surface area contributed by atoms with Crippen molar-refractivity contribution in [2.75, 3.05) is 7.11 Å². The van der Waals surface area contributed by atoms with Crippen molar-refractivity contribution >= 4 is 12.6 Å². The fourth-order valence-corrected chi connectivity index (χ4v) is 1.59. The van der Waals surface area contributed by atoms with Gasteiger partial charge in [-0.15, -0.1) is 0 Å². The molecule has 3 nitrogen and oxygen atoms in total. The maximum atomic E-state index is 10.3. The fraction of sp³-hybridized carbons (Fsp3) is 0.385. The molecule has 1 aromatic carbocycles. The topological polar surface area (TPSA) is 43.4 Å². The Morgan fingerprint density at radius 2 is 1.81 bits per heavy atom. The smallest absolute Gasteiger partial charge is 0.122 e. The van der Waals surface area contributed by atoms with Crippen molar-refractivity contribution in [3.05, 3.63) is 29.3 Å². The van der Waals surface area contributed by atoms with Gasteiger partial charge in [0.2, 0.25) is 0 Å². The minimum absolute atomic E-state index is 0.504. The predicted molar refractivity (Wildman–Crippen MR) is 61.8 cm³/mol. The normalized spacial score (nSPS) is 9.81. The summed E-state index contributed by atoms with van der Waals surface area (Å²) in [4.78, 5) is 20.6.